The zero-order chi connectivity index (χ0) is 8.20. The molecule has 0 aliphatic heterocycles. The molecule has 0 aromatic heterocycles. The number of nitrogens with one attached hydrogen (secondary N) is 1. The molecule has 4 N–H and O–H groups in total. The standard InChI is InChI=1S/C5H16N2O2S/c1-10(2,9)7-4-5(8)3-6/h5,8,10H,3-4,6H2,1-2H3,(H,7,9)/t5-/m0/s1. The number of hydrogen-bond donors (Lipinski definition) is 4. The molecule has 0 spiro atoms. The van der Waals surface area contributed by atoms with Crippen molar-refractivity contribution in [2.45, 2.75) is 6.10 Å². The highest BCUT2D eigenvalue weighted by molar-refractivity contribution is 7.99. The fourth-order valence-corrected chi connectivity index (χ4v) is 1.06. The molecule has 0 saturated heterocycles. The van der Waals surface area contributed by atoms with E-state index in [2.05, 4.69) is 4.72 Å². The van der Waals surface area contributed by atoms with Gasteiger partial charge in [-0.1, -0.05) is 10.1 Å². The van der Waals surface area contributed by atoms with Crippen LogP contribution in [0.2, 0.25) is 0 Å². The van der Waals surface area contributed by atoms with Crippen molar-refractivity contribution in [3.63, 3.8) is 0 Å². The quantitative estimate of drug-likeness (QED) is 0.370. The van der Waals surface area contributed by atoms with Gasteiger partial charge in [-0.25, -0.2) is 0 Å². The van der Waals surface area contributed by atoms with E-state index >= 15 is 0 Å². The molecular weight excluding hydrogens is 152 g/mol. The Labute approximate surface area is 62.4 Å². The Hall–Kier alpha value is 0.0300. The Morgan fingerprint density at radius 2 is 2.20 bits per heavy atom. The normalized spacial score (nSPS) is 16.8. The molecule has 0 aliphatic carbocycles. The third-order valence-corrected chi connectivity index (χ3v) is 1.92. The topological polar surface area (TPSA) is 75.3 Å². The summed E-state index contributed by atoms with van der Waals surface area (Å²) in [6.45, 7) is 0.508. The first-order chi connectivity index (χ1) is 4.45. The summed E-state index contributed by atoms with van der Waals surface area (Å²) in [4.78, 5) is 0. The van der Waals surface area contributed by atoms with Crippen molar-refractivity contribution in [1.82, 2.24) is 4.72 Å². The van der Waals surface area contributed by atoms with Crippen LogP contribution in [0.15, 0.2) is 0 Å². The molecule has 0 rings (SSSR count). The molecule has 0 aromatic carbocycles. The van der Waals surface area contributed by atoms with Crippen molar-refractivity contribution in [3.8, 4) is 0 Å². The first-order valence-corrected chi connectivity index (χ1v) is 5.74. The highest BCUT2D eigenvalue weighted by Crippen LogP contribution is 1.85. The van der Waals surface area contributed by atoms with Gasteiger partial charge >= 0.3 is 0 Å². The second kappa shape index (κ2) is 4.02. The first-order valence-electron chi connectivity index (χ1n) is 3.14. The van der Waals surface area contributed by atoms with Gasteiger partial charge in [0.05, 0.1) is 6.10 Å². The molecule has 0 saturated carbocycles. The van der Waals surface area contributed by atoms with Crippen molar-refractivity contribution >= 4 is 10.1 Å². The predicted molar refractivity (Wildman–Crippen MR) is 44.4 cm³/mol. The summed E-state index contributed by atoms with van der Waals surface area (Å²) >= 11 is 0. The number of aliphatic hydroxyl groups excluding tert-OH is 1. The van der Waals surface area contributed by atoms with Crippen LogP contribution in [-0.2, 0) is 10.1 Å². The van der Waals surface area contributed by atoms with E-state index < -0.39 is 16.2 Å². The Kier molecular flexibility index (Phi) is 4.04. The van der Waals surface area contributed by atoms with Gasteiger partial charge in [0.15, 0.2) is 0 Å². The zero-order valence-corrected chi connectivity index (χ0v) is 7.27. The molecule has 0 fully saturated rings. The van der Waals surface area contributed by atoms with Gasteiger partial charge in [0.2, 0.25) is 0 Å². The minimum atomic E-state index is -2.20. The van der Waals surface area contributed by atoms with Gasteiger partial charge < -0.3 is 10.8 Å². The van der Waals surface area contributed by atoms with Crippen molar-refractivity contribution < 1.29 is 9.32 Å². The average Bonchev–Trinajstić information content (AvgIpc) is 1.81. The molecule has 0 bridgehead atoms. The summed E-state index contributed by atoms with van der Waals surface area (Å²) in [6, 6.07) is 0. The lowest BCUT2D eigenvalue weighted by Crippen LogP contribution is -2.38. The second-order valence-corrected chi connectivity index (χ2v) is 5.62. The average molecular weight is 168 g/mol. The van der Waals surface area contributed by atoms with Gasteiger partial charge in [0, 0.05) is 25.6 Å². The molecular formula is C5H16N2O2S. The van der Waals surface area contributed by atoms with Crippen LogP contribution in [0.4, 0.5) is 0 Å². The molecule has 4 nitrogen and oxygen atoms in total. The molecule has 0 unspecified atom stereocenters. The van der Waals surface area contributed by atoms with E-state index in [1.807, 2.05) is 0 Å². The monoisotopic (exact) mass is 168 g/mol. The van der Waals surface area contributed by atoms with Crippen LogP contribution >= 0.6 is 0 Å². The Morgan fingerprint density at radius 3 is 2.50 bits per heavy atom. The van der Waals surface area contributed by atoms with Crippen molar-refractivity contribution in [1.29, 1.82) is 0 Å². The summed E-state index contributed by atoms with van der Waals surface area (Å²) in [6.07, 6.45) is 2.63. The van der Waals surface area contributed by atoms with Gasteiger partial charge in [0.1, 0.15) is 0 Å². The van der Waals surface area contributed by atoms with Crippen molar-refractivity contribution in [3.05, 3.63) is 0 Å². The lowest BCUT2D eigenvalue weighted by atomic mass is 10.4. The number of nitrogens with two attached hydrogens (primary N) is 1. The van der Waals surface area contributed by atoms with Crippen molar-refractivity contribution in [2.24, 2.45) is 5.73 Å². The van der Waals surface area contributed by atoms with E-state index in [9.17, 15) is 4.21 Å². The van der Waals surface area contributed by atoms with E-state index in [1.54, 1.807) is 12.5 Å². The number of thiol groups is 1. The van der Waals surface area contributed by atoms with Crippen LogP contribution in [0, 0.1) is 0 Å². The highest BCUT2D eigenvalue weighted by atomic mass is 32.3. The third kappa shape index (κ3) is 6.15. The minimum Gasteiger partial charge on any atom is -0.390 e. The molecule has 64 valence electrons. The molecule has 0 aromatic rings. The smallest absolute Gasteiger partial charge is 0.0796 e. The summed E-state index contributed by atoms with van der Waals surface area (Å²) in [5.41, 5.74) is 5.12. The van der Waals surface area contributed by atoms with E-state index in [0.717, 1.165) is 0 Å². The Morgan fingerprint density at radius 1 is 1.70 bits per heavy atom. The zero-order valence-electron chi connectivity index (χ0n) is 6.37. The predicted octanol–water partition coefficient (Wildman–Crippen LogP) is -1.91. The second-order valence-electron chi connectivity index (χ2n) is 2.60. The highest BCUT2D eigenvalue weighted by Gasteiger charge is 2.03. The van der Waals surface area contributed by atoms with Crippen LogP contribution in [0.3, 0.4) is 0 Å². The lowest BCUT2D eigenvalue weighted by molar-refractivity contribution is 0.187. The van der Waals surface area contributed by atoms with Crippen LogP contribution in [0.1, 0.15) is 0 Å². The molecule has 5 heteroatoms. The van der Waals surface area contributed by atoms with Gasteiger partial charge in [-0.3, -0.25) is 8.93 Å². The number of rotatable bonds is 4. The molecule has 0 amide bonds. The van der Waals surface area contributed by atoms with Crippen molar-refractivity contribution in [2.75, 3.05) is 25.6 Å². The third-order valence-electron chi connectivity index (χ3n) is 0.980. The summed E-state index contributed by atoms with van der Waals surface area (Å²) < 4.78 is 13.7. The fourth-order valence-electron chi connectivity index (χ4n) is 0.409. The lowest BCUT2D eigenvalue weighted by Gasteiger charge is -2.16. The maximum Gasteiger partial charge on any atom is 0.0796 e. The minimum absolute atomic E-state index is 0.201. The van der Waals surface area contributed by atoms with Crippen LogP contribution in [0.5, 0.6) is 0 Å². The summed E-state index contributed by atoms with van der Waals surface area (Å²) in [5.74, 6) is 0. The molecule has 10 heavy (non-hydrogen) atoms. The van der Waals surface area contributed by atoms with Crippen LogP contribution in [-0.4, -0.2) is 41.0 Å². The Bertz CT molecular complexity index is 134. The summed E-state index contributed by atoms with van der Waals surface area (Å²) in [5, 5.41) is 8.91. The number of hydrogen-bond acceptors (Lipinski definition) is 3. The molecule has 0 heterocycles. The molecule has 0 aliphatic rings. The van der Waals surface area contributed by atoms with Gasteiger partial charge in [-0.2, -0.15) is 0 Å². The maximum atomic E-state index is 11.0. The van der Waals surface area contributed by atoms with Gasteiger partial charge in [-0.15, -0.1) is 0 Å². The molecule has 1 atom stereocenters. The van der Waals surface area contributed by atoms with E-state index in [4.69, 9.17) is 10.8 Å². The first kappa shape index (κ1) is 10.0. The van der Waals surface area contributed by atoms with Crippen LogP contribution < -0.4 is 10.5 Å². The van der Waals surface area contributed by atoms with E-state index in [1.165, 1.54) is 0 Å². The fraction of sp³-hybridized carbons (Fsp3) is 1.00. The van der Waals surface area contributed by atoms with E-state index in [-0.39, 0.29) is 6.54 Å². The number of aliphatic hydroxyl groups is 1. The maximum absolute atomic E-state index is 11.0. The SMILES string of the molecule is C[SH](C)(=O)NC[C@@H](O)CN. The summed E-state index contributed by atoms with van der Waals surface area (Å²) in [7, 11) is -2.20. The molecule has 0 radical (unpaired) electrons. The Balaban J connectivity index is 3.46. The van der Waals surface area contributed by atoms with Gasteiger partial charge in [-0.05, 0) is 0 Å². The van der Waals surface area contributed by atoms with Crippen LogP contribution in [0.25, 0.3) is 0 Å². The van der Waals surface area contributed by atoms with Gasteiger partial charge in [0.25, 0.3) is 0 Å². The van der Waals surface area contributed by atoms with E-state index in [0.29, 0.717) is 6.54 Å². The largest absolute Gasteiger partial charge is 0.390 e.